The molecule has 0 radical (unpaired) electrons. The molecule has 0 aromatic heterocycles. The Morgan fingerprint density at radius 1 is 1.29 bits per heavy atom. The largest absolute Gasteiger partial charge is 0.481 e. The minimum atomic E-state index is -0.265. The fraction of sp³-hybridized carbons (Fsp3) is 0.529. The first kappa shape index (κ1) is 15.3. The third-order valence-corrected chi connectivity index (χ3v) is 5.37. The number of ether oxygens (including phenoxy) is 1. The summed E-state index contributed by atoms with van der Waals surface area (Å²) < 4.78 is 5.44. The lowest BCUT2D eigenvalue weighted by Crippen LogP contribution is -2.48. The summed E-state index contributed by atoms with van der Waals surface area (Å²) >= 11 is 0. The summed E-state index contributed by atoms with van der Waals surface area (Å²) in [6.45, 7) is 1.21. The average molecular weight is 331 g/mol. The van der Waals surface area contributed by atoms with Gasteiger partial charge in [0.25, 0.3) is 5.91 Å². The molecular formula is C17H21N3O4. The third-order valence-electron chi connectivity index (χ3n) is 5.37. The van der Waals surface area contributed by atoms with Crippen LogP contribution in [-0.4, -0.2) is 54.8 Å². The standard InChI is InChI=1S/C17H21N3O4/c1-19-13-5-4-12(6-14(13)24-9-15(19)21)18-17(23)20-7-10-2-3-11(8-20)16(10)22/h4-6,10-11,16,22H,2-3,7-9H2,1H3,(H,18,23)/t10-,11+,16?. The third kappa shape index (κ3) is 2.49. The van der Waals surface area contributed by atoms with Gasteiger partial charge in [-0.05, 0) is 25.0 Å². The van der Waals surface area contributed by atoms with Gasteiger partial charge in [0.1, 0.15) is 5.75 Å². The number of rotatable bonds is 1. The van der Waals surface area contributed by atoms with Crippen molar-refractivity contribution in [2.24, 2.45) is 11.8 Å². The molecule has 0 spiro atoms. The number of nitrogens with zero attached hydrogens (tertiary/aromatic N) is 2. The molecule has 4 rings (SSSR count). The molecule has 3 amide bonds. The second-order valence-electron chi connectivity index (χ2n) is 6.85. The molecule has 3 aliphatic rings. The predicted molar refractivity (Wildman–Crippen MR) is 88.2 cm³/mol. The number of benzene rings is 1. The van der Waals surface area contributed by atoms with Crippen molar-refractivity contribution in [1.29, 1.82) is 0 Å². The highest BCUT2D eigenvalue weighted by Crippen LogP contribution is 2.37. The van der Waals surface area contributed by atoms with Crippen LogP contribution >= 0.6 is 0 Å². The van der Waals surface area contributed by atoms with Crippen molar-refractivity contribution in [3.8, 4) is 5.75 Å². The van der Waals surface area contributed by atoms with Crippen LogP contribution in [0.2, 0.25) is 0 Å². The van der Waals surface area contributed by atoms with Crippen LogP contribution in [0, 0.1) is 11.8 Å². The molecule has 2 fully saturated rings. The highest BCUT2D eigenvalue weighted by molar-refractivity contribution is 5.98. The van der Waals surface area contributed by atoms with Gasteiger partial charge in [-0.3, -0.25) is 4.79 Å². The molecule has 1 unspecified atom stereocenters. The number of hydrogen-bond acceptors (Lipinski definition) is 4. The van der Waals surface area contributed by atoms with Crippen molar-refractivity contribution < 1.29 is 19.4 Å². The summed E-state index contributed by atoms with van der Waals surface area (Å²) in [4.78, 5) is 27.5. The number of carbonyl (C=O) groups is 2. The van der Waals surface area contributed by atoms with E-state index in [2.05, 4.69) is 5.32 Å². The predicted octanol–water partition coefficient (Wildman–Crippen LogP) is 1.28. The van der Waals surface area contributed by atoms with E-state index in [1.165, 1.54) is 0 Å². The maximum atomic E-state index is 12.5. The quantitative estimate of drug-likeness (QED) is 0.812. The summed E-state index contributed by atoms with van der Waals surface area (Å²) in [6, 6.07) is 5.12. The molecule has 1 saturated heterocycles. The minimum Gasteiger partial charge on any atom is -0.481 e. The Bertz CT molecular complexity index is 678. The summed E-state index contributed by atoms with van der Waals surface area (Å²) in [6.07, 6.45) is 1.71. The van der Waals surface area contributed by atoms with Gasteiger partial charge in [-0.2, -0.15) is 0 Å². The van der Waals surface area contributed by atoms with Gasteiger partial charge in [-0.15, -0.1) is 0 Å². The van der Waals surface area contributed by atoms with Gasteiger partial charge in [0.2, 0.25) is 0 Å². The molecule has 2 heterocycles. The fourth-order valence-corrected chi connectivity index (χ4v) is 3.92. The number of likely N-dealkylation sites (tertiary alicyclic amines) is 1. The van der Waals surface area contributed by atoms with E-state index >= 15 is 0 Å². The molecule has 24 heavy (non-hydrogen) atoms. The molecule has 3 atom stereocenters. The molecule has 1 saturated carbocycles. The number of nitrogens with one attached hydrogen (secondary N) is 1. The maximum absolute atomic E-state index is 12.5. The summed E-state index contributed by atoms with van der Waals surface area (Å²) in [5.74, 6) is 0.882. The van der Waals surface area contributed by atoms with E-state index in [1.807, 2.05) is 0 Å². The normalized spacial score (nSPS) is 28.4. The van der Waals surface area contributed by atoms with Gasteiger partial charge in [0.05, 0.1) is 11.8 Å². The number of aliphatic hydroxyl groups is 1. The molecule has 1 aliphatic carbocycles. The Kier molecular flexibility index (Phi) is 3.60. The number of fused-ring (bicyclic) bond motifs is 3. The van der Waals surface area contributed by atoms with Gasteiger partial charge in [0, 0.05) is 43.7 Å². The van der Waals surface area contributed by atoms with E-state index in [-0.39, 0.29) is 36.5 Å². The Morgan fingerprint density at radius 3 is 2.71 bits per heavy atom. The second kappa shape index (κ2) is 5.66. The van der Waals surface area contributed by atoms with E-state index < -0.39 is 0 Å². The van der Waals surface area contributed by atoms with Crippen molar-refractivity contribution >= 4 is 23.3 Å². The van der Waals surface area contributed by atoms with Crippen LogP contribution in [0.1, 0.15) is 12.8 Å². The lowest BCUT2D eigenvalue weighted by molar-refractivity contribution is -0.120. The molecule has 7 nitrogen and oxygen atoms in total. The lowest BCUT2D eigenvalue weighted by Gasteiger charge is -2.35. The number of anilines is 2. The monoisotopic (exact) mass is 331 g/mol. The summed E-state index contributed by atoms with van der Waals surface area (Å²) in [7, 11) is 1.71. The first-order valence-electron chi connectivity index (χ1n) is 8.30. The topological polar surface area (TPSA) is 82.1 Å². The SMILES string of the molecule is CN1C(=O)COc2cc(NC(=O)N3C[C@H]4CC[C@@H](C3)C4O)ccc21. The Balaban J connectivity index is 1.46. The van der Waals surface area contributed by atoms with E-state index in [1.54, 1.807) is 35.0 Å². The lowest BCUT2D eigenvalue weighted by atomic mass is 9.95. The molecule has 1 aromatic carbocycles. The number of likely N-dealkylation sites (N-methyl/N-ethyl adjacent to an activating group) is 1. The average Bonchev–Trinajstić information content (AvgIpc) is 2.79. The first-order valence-corrected chi connectivity index (χ1v) is 8.30. The molecule has 2 bridgehead atoms. The van der Waals surface area contributed by atoms with Crippen LogP contribution < -0.4 is 15.0 Å². The molecule has 1 aromatic rings. The number of urea groups is 1. The van der Waals surface area contributed by atoms with Gasteiger partial charge >= 0.3 is 6.03 Å². The van der Waals surface area contributed by atoms with Crippen LogP contribution in [0.25, 0.3) is 0 Å². The number of carbonyl (C=O) groups excluding carboxylic acids is 2. The van der Waals surface area contributed by atoms with E-state index in [0.29, 0.717) is 30.2 Å². The first-order chi connectivity index (χ1) is 11.5. The molecule has 7 heteroatoms. The second-order valence-corrected chi connectivity index (χ2v) is 6.85. The van der Waals surface area contributed by atoms with Crippen LogP contribution in [0.4, 0.5) is 16.2 Å². The Hall–Kier alpha value is -2.28. The summed E-state index contributed by atoms with van der Waals surface area (Å²) in [5, 5.41) is 13.0. The van der Waals surface area contributed by atoms with Gasteiger partial charge in [-0.1, -0.05) is 0 Å². The molecule has 128 valence electrons. The van der Waals surface area contributed by atoms with Crippen molar-refractivity contribution in [3.63, 3.8) is 0 Å². The number of piperidine rings is 1. The zero-order valence-corrected chi connectivity index (χ0v) is 13.6. The Labute approximate surface area is 140 Å². The number of hydrogen-bond donors (Lipinski definition) is 2. The van der Waals surface area contributed by atoms with Crippen LogP contribution in [0.5, 0.6) is 5.75 Å². The molecule has 2 aliphatic heterocycles. The summed E-state index contributed by atoms with van der Waals surface area (Å²) in [5.41, 5.74) is 1.34. The van der Waals surface area contributed by atoms with Crippen molar-refractivity contribution in [1.82, 2.24) is 4.90 Å². The molecular weight excluding hydrogens is 310 g/mol. The maximum Gasteiger partial charge on any atom is 0.321 e. The van der Waals surface area contributed by atoms with Gasteiger partial charge < -0.3 is 25.0 Å². The van der Waals surface area contributed by atoms with Crippen LogP contribution in [0.3, 0.4) is 0 Å². The van der Waals surface area contributed by atoms with Crippen LogP contribution in [0.15, 0.2) is 18.2 Å². The smallest absolute Gasteiger partial charge is 0.321 e. The van der Waals surface area contributed by atoms with E-state index in [0.717, 1.165) is 12.8 Å². The van der Waals surface area contributed by atoms with Crippen molar-refractivity contribution in [2.45, 2.75) is 18.9 Å². The zero-order chi connectivity index (χ0) is 16.8. The van der Waals surface area contributed by atoms with Gasteiger partial charge in [-0.25, -0.2) is 4.79 Å². The van der Waals surface area contributed by atoms with Crippen LogP contribution in [-0.2, 0) is 4.79 Å². The fourth-order valence-electron chi connectivity index (χ4n) is 3.92. The Morgan fingerprint density at radius 2 is 2.00 bits per heavy atom. The number of aliphatic hydroxyl groups excluding tert-OH is 1. The van der Waals surface area contributed by atoms with E-state index in [9.17, 15) is 14.7 Å². The van der Waals surface area contributed by atoms with Gasteiger partial charge in [0.15, 0.2) is 6.61 Å². The highest BCUT2D eigenvalue weighted by Gasteiger charge is 2.42. The van der Waals surface area contributed by atoms with Crippen molar-refractivity contribution in [2.75, 3.05) is 37.0 Å². The zero-order valence-electron chi connectivity index (χ0n) is 13.6. The van der Waals surface area contributed by atoms with Crippen molar-refractivity contribution in [3.05, 3.63) is 18.2 Å². The molecule has 2 N–H and O–H groups in total. The van der Waals surface area contributed by atoms with E-state index in [4.69, 9.17) is 4.74 Å². The minimum absolute atomic E-state index is 0.00821. The number of amides is 3. The highest BCUT2D eigenvalue weighted by atomic mass is 16.5.